The normalized spacial score (nSPS) is 17.5. The highest BCUT2D eigenvalue weighted by Gasteiger charge is 2.29. The molecule has 1 fully saturated rings. The van der Waals surface area contributed by atoms with Crippen LogP contribution in [0, 0.1) is 0 Å². The molecule has 1 unspecified atom stereocenters. The molecule has 0 aliphatic carbocycles. The SMILES string of the molecule is O=C(NCc1ccco1)N1CCC(n2c(=O)[nH]c3cncnc32)C1. The molecule has 3 aromatic rings. The highest BCUT2D eigenvalue weighted by Crippen LogP contribution is 2.22. The minimum atomic E-state index is -0.228. The van der Waals surface area contributed by atoms with Gasteiger partial charge in [-0.25, -0.2) is 19.6 Å². The van der Waals surface area contributed by atoms with Crippen LogP contribution in [0.2, 0.25) is 0 Å². The molecule has 1 aliphatic heterocycles. The maximum atomic E-state index is 12.3. The third kappa shape index (κ3) is 2.53. The van der Waals surface area contributed by atoms with Gasteiger partial charge in [-0.1, -0.05) is 0 Å². The Kier molecular flexibility index (Phi) is 3.52. The fourth-order valence-corrected chi connectivity index (χ4v) is 3.04. The van der Waals surface area contributed by atoms with Crippen LogP contribution >= 0.6 is 0 Å². The minimum absolute atomic E-state index is 0.101. The molecule has 3 aromatic heterocycles. The van der Waals surface area contributed by atoms with Crippen molar-refractivity contribution in [3.63, 3.8) is 0 Å². The van der Waals surface area contributed by atoms with E-state index in [1.807, 2.05) is 0 Å². The zero-order chi connectivity index (χ0) is 16.5. The predicted molar refractivity (Wildman–Crippen MR) is 84.3 cm³/mol. The second kappa shape index (κ2) is 5.84. The molecule has 2 amide bonds. The molecule has 9 nitrogen and oxygen atoms in total. The summed E-state index contributed by atoms with van der Waals surface area (Å²) in [5, 5.41) is 2.82. The number of aromatic nitrogens is 4. The molecule has 0 spiro atoms. The molecule has 9 heteroatoms. The number of urea groups is 1. The smallest absolute Gasteiger partial charge is 0.328 e. The molecular weight excluding hydrogens is 312 g/mol. The summed E-state index contributed by atoms with van der Waals surface area (Å²) >= 11 is 0. The number of carbonyl (C=O) groups excluding carboxylic acids is 1. The van der Waals surface area contributed by atoms with Gasteiger partial charge in [0.1, 0.15) is 17.6 Å². The molecule has 2 N–H and O–H groups in total. The zero-order valence-electron chi connectivity index (χ0n) is 12.8. The Morgan fingerprint density at radius 2 is 2.42 bits per heavy atom. The van der Waals surface area contributed by atoms with Crippen LogP contribution < -0.4 is 11.0 Å². The first-order valence-electron chi connectivity index (χ1n) is 7.68. The standard InChI is InChI=1S/C15H16N6O3/c22-14(17-6-11-2-1-5-24-11)20-4-3-10(8-20)21-13-12(19-15(21)23)7-16-9-18-13/h1-2,5,7,9-10H,3-4,6,8H2,(H,17,22)(H,19,23). The van der Waals surface area contributed by atoms with Gasteiger partial charge in [-0.2, -0.15) is 0 Å². The Hall–Kier alpha value is -3.10. The van der Waals surface area contributed by atoms with Crippen molar-refractivity contribution in [1.29, 1.82) is 0 Å². The summed E-state index contributed by atoms with van der Waals surface area (Å²) in [7, 11) is 0. The Morgan fingerprint density at radius 3 is 3.25 bits per heavy atom. The number of furan rings is 1. The topological polar surface area (TPSA) is 109 Å². The zero-order valence-corrected chi connectivity index (χ0v) is 12.8. The molecule has 24 heavy (non-hydrogen) atoms. The molecule has 124 valence electrons. The Morgan fingerprint density at radius 1 is 1.50 bits per heavy atom. The second-order valence-corrected chi connectivity index (χ2v) is 5.69. The van der Waals surface area contributed by atoms with Crippen molar-refractivity contribution in [3.05, 3.63) is 47.2 Å². The summed E-state index contributed by atoms with van der Waals surface area (Å²) in [5.74, 6) is 0.698. The van der Waals surface area contributed by atoms with Crippen LogP contribution in [0.3, 0.4) is 0 Å². The van der Waals surface area contributed by atoms with Gasteiger partial charge in [0.2, 0.25) is 0 Å². The number of nitrogens with zero attached hydrogens (tertiary/aromatic N) is 4. The number of aromatic amines is 1. The van der Waals surface area contributed by atoms with Crippen molar-refractivity contribution in [3.8, 4) is 0 Å². The Bertz CT molecular complexity index is 913. The summed E-state index contributed by atoms with van der Waals surface area (Å²) in [6, 6.07) is 3.31. The quantitative estimate of drug-likeness (QED) is 0.741. The number of carbonyl (C=O) groups is 1. The lowest BCUT2D eigenvalue weighted by Crippen LogP contribution is -2.38. The van der Waals surface area contributed by atoms with Gasteiger partial charge >= 0.3 is 11.7 Å². The average molecular weight is 328 g/mol. The third-order valence-corrected chi connectivity index (χ3v) is 4.19. The van der Waals surface area contributed by atoms with Gasteiger partial charge in [0.25, 0.3) is 0 Å². The fourth-order valence-electron chi connectivity index (χ4n) is 3.04. The van der Waals surface area contributed by atoms with Crippen LogP contribution in [-0.4, -0.2) is 43.5 Å². The van der Waals surface area contributed by atoms with Crippen LogP contribution in [0.15, 0.2) is 40.1 Å². The molecule has 0 radical (unpaired) electrons. The Labute approximate surface area is 136 Å². The van der Waals surface area contributed by atoms with Gasteiger partial charge in [-0.05, 0) is 18.6 Å². The Balaban J connectivity index is 1.47. The lowest BCUT2D eigenvalue weighted by molar-refractivity contribution is 0.205. The second-order valence-electron chi connectivity index (χ2n) is 5.69. The maximum Gasteiger partial charge on any atom is 0.328 e. The van der Waals surface area contributed by atoms with Crippen LogP contribution in [0.1, 0.15) is 18.2 Å². The van der Waals surface area contributed by atoms with Gasteiger partial charge in [-0.3, -0.25) is 4.57 Å². The van der Waals surface area contributed by atoms with E-state index in [4.69, 9.17) is 4.42 Å². The number of fused-ring (bicyclic) bond motifs is 1. The first kappa shape index (κ1) is 14.5. The van der Waals surface area contributed by atoms with Crippen LogP contribution in [0.25, 0.3) is 11.2 Å². The van der Waals surface area contributed by atoms with Crippen molar-refractivity contribution in [2.45, 2.75) is 19.0 Å². The van der Waals surface area contributed by atoms with Crippen molar-refractivity contribution in [1.82, 2.24) is 29.7 Å². The van der Waals surface area contributed by atoms with Crippen LogP contribution in [-0.2, 0) is 6.54 Å². The highest BCUT2D eigenvalue weighted by atomic mass is 16.3. The number of imidazole rings is 1. The molecular formula is C15H16N6O3. The number of hydrogen-bond acceptors (Lipinski definition) is 5. The van der Waals surface area contributed by atoms with E-state index in [0.717, 1.165) is 0 Å². The van der Waals surface area contributed by atoms with Gasteiger partial charge in [0.15, 0.2) is 5.65 Å². The van der Waals surface area contributed by atoms with Crippen molar-refractivity contribution in [2.75, 3.05) is 13.1 Å². The maximum absolute atomic E-state index is 12.3. The summed E-state index contributed by atoms with van der Waals surface area (Å²) in [6.45, 7) is 1.38. The van der Waals surface area contributed by atoms with Crippen molar-refractivity contribution >= 4 is 17.2 Å². The predicted octanol–water partition coefficient (Wildman–Crippen LogP) is 0.869. The molecule has 0 aromatic carbocycles. The highest BCUT2D eigenvalue weighted by molar-refractivity contribution is 5.74. The number of H-pyrrole nitrogens is 1. The monoisotopic (exact) mass is 328 g/mol. The molecule has 0 saturated carbocycles. The molecule has 0 bridgehead atoms. The van der Waals surface area contributed by atoms with Gasteiger partial charge in [0.05, 0.1) is 25.0 Å². The third-order valence-electron chi connectivity index (χ3n) is 4.19. The van der Waals surface area contributed by atoms with E-state index in [0.29, 0.717) is 43.0 Å². The first-order chi connectivity index (χ1) is 11.7. The van der Waals surface area contributed by atoms with Gasteiger partial charge < -0.3 is 19.6 Å². The number of hydrogen-bond donors (Lipinski definition) is 2. The van der Waals surface area contributed by atoms with Crippen molar-refractivity contribution < 1.29 is 9.21 Å². The first-order valence-corrected chi connectivity index (χ1v) is 7.68. The lowest BCUT2D eigenvalue weighted by atomic mass is 10.2. The molecule has 1 atom stereocenters. The minimum Gasteiger partial charge on any atom is -0.467 e. The van der Waals surface area contributed by atoms with Gasteiger partial charge in [-0.15, -0.1) is 0 Å². The number of likely N-dealkylation sites (tertiary alicyclic amines) is 1. The largest absolute Gasteiger partial charge is 0.467 e. The molecule has 4 heterocycles. The van der Waals surface area contributed by atoms with Crippen molar-refractivity contribution in [2.24, 2.45) is 0 Å². The average Bonchev–Trinajstić information content (AvgIpc) is 3.31. The van der Waals surface area contributed by atoms with Gasteiger partial charge in [0, 0.05) is 13.1 Å². The number of amides is 2. The summed E-state index contributed by atoms with van der Waals surface area (Å²) in [6.07, 6.45) is 5.25. The van der Waals surface area contributed by atoms with E-state index < -0.39 is 0 Å². The summed E-state index contributed by atoms with van der Waals surface area (Å²) in [4.78, 5) is 37.0. The summed E-state index contributed by atoms with van der Waals surface area (Å²) < 4.78 is 6.80. The molecule has 1 saturated heterocycles. The lowest BCUT2D eigenvalue weighted by Gasteiger charge is -2.17. The van der Waals surface area contributed by atoms with E-state index >= 15 is 0 Å². The van der Waals surface area contributed by atoms with Crippen LogP contribution in [0.4, 0.5) is 4.79 Å². The number of nitrogens with one attached hydrogen (secondary N) is 2. The number of rotatable bonds is 3. The van der Waals surface area contributed by atoms with E-state index in [1.54, 1.807) is 34.1 Å². The molecule has 4 rings (SSSR count). The van der Waals surface area contributed by atoms with E-state index in [2.05, 4.69) is 20.3 Å². The molecule has 1 aliphatic rings. The van der Waals surface area contributed by atoms with Crippen LogP contribution in [0.5, 0.6) is 0 Å². The summed E-state index contributed by atoms with van der Waals surface area (Å²) in [5.41, 5.74) is 0.939. The van der Waals surface area contributed by atoms with E-state index in [9.17, 15) is 9.59 Å². The van der Waals surface area contributed by atoms with E-state index in [1.165, 1.54) is 6.33 Å². The van der Waals surface area contributed by atoms with E-state index in [-0.39, 0.29) is 17.8 Å². The fraction of sp³-hybridized carbons (Fsp3) is 0.333.